The van der Waals surface area contributed by atoms with Crippen LogP contribution in [0.25, 0.3) is 0 Å². The van der Waals surface area contributed by atoms with Gasteiger partial charge in [0.05, 0.1) is 6.54 Å². The number of cyclic esters (lactones) is 1. The fourth-order valence-electron chi connectivity index (χ4n) is 1.61. The first-order valence-electron chi connectivity index (χ1n) is 4.85. The Morgan fingerprint density at radius 2 is 2.13 bits per heavy atom. The zero-order valence-corrected chi connectivity index (χ0v) is 10.0. The molecule has 0 saturated carbocycles. The molecule has 1 saturated heterocycles. The lowest BCUT2D eigenvalue weighted by atomic mass is 10.2. The van der Waals surface area contributed by atoms with Crippen molar-refractivity contribution < 1.29 is 9.53 Å². The van der Waals surface area contributed by atoms with Crippen LogP contribution in [0.15, 0.2) is 28.7 Å². The van der Waals surface area contributed by atoms with Crippen molar-refractivity contribution in [1.82, 2.24) is 4.90 Å². The van der Waals surface area contributed by atoms with Gasteiger partial charge in [0.1, 0.15) is 6.10 Å². The molecule has 1 aliphatic rings. The lowest BCUT2D eigenvalue weighted by Gasteiger charge is -2.12. The lowest BCUT2D eigenvalue weighted by Crippen LogP contribution is -2.24. The van der Waals surface area contributed by atoms with E-state index >= 15 is 0 Å². The van der Waals surface area contributed by atoms with Crippen molar-refractivity contribution >= 4 is 22.0 Å². The molecule has 0 spiro atoms. The van der Waals surface area contributed by atoms with Gasteiger partial charge in [0.25, 0.3) is 0 Å². The zero-order valence-electron chi connectivity index (χ0n) is 8.44. The van der Waals surface area contributed by atoms with Gasteiger partial charge in [0.15, 0.2) is 0 Å². The molecule has 4 heteroatoms. The van der Waals surface area contributed by atoms with Crippen molar-refractivity contribution in [2.75, 3.05) is 6.54 Å². The number of ether oxygens (including phenoxy) is 1. The van der Waals surface area contributed by atoms with Gasteiger partial charge in [-0.05, 0) is 24.6 Å². The molecule has 0 radical (unpaired) electrons. The molecule has 1 heterocycles. The SMILES string of the molecule is C[C@@H]1CN(Cc2ccc(Br)cc2)C(=O)O1. The normalized spacial score (nSPS) is 20.5. The Balaban J connectivity index is 2.03. The molecule has 15 heavy (non-hydrogen) atoms. The van der Waals surface area contributed by atoms with Crippen LogP contribution < -0.4 is 0 Å². The second-order valence-electron chi connectivity index (χ2n) is 3.70. The van der Waals surface area contributed by atoms with Gasteiger partial charge >= 0.3 is 6.09 Å². The Kier molecular flexibility index (Phi) is 2.95. The molecule has 0 unspecified atom stereocenters. The third-order valence-electron chi connectivity index (χ3n) is 2.32. The van der Waals surface area contributed by atoms with Crippen molar-refractivity contribution in [3.63, 3.8) is 0 Å². The number of hydrogen-bond donors (Lipinski definition) is 0. The van der Waals surface area contributed by atoms with E-state index < -0.39 is 0 Å². The highest BCUT2D eigenvalue weighted by Crippen LogP contribution is 2.16. The molecule has 1 fully saturated rings. The van der Waals surface area contributed by atoms with Crippen molar-refractivity contribution in [2.45, 2.75) is 19.6 Å². The second kappa shape index (κ2) is 4.23. The van der Waals surface area contributed by atoms with Crippen LogP contribution in [0.3, 0.4) is 0 Å². The summed E-state index contributed by atoms with van der Waals surface area (Å²) in [6.07, 6.45) is -0.210. The summed E-state index contributed by atoms with van der Waals surface area (Å²) < 4.78 is 6.09. The molecule has 0 aliphatic carbocycles. The molecule has 3 nitrogen and oxygen atoms in total. The van der Waals surface area contributed by atoms with E-state index in [0.29, 0.717) is 13.1 Å². The number of rotatable bonds is 2. The molecule has 1 aromatic rings. The van der Waals surface area contributed by atoms with E-state index in [1.807, 2.05) is 31.2 Å². The molecular weight excluding hydrogens is 258 g/mol. The summed E-state index contributed by atoms with van der Waals surface area (Å²) in [6, 6.07) is 7.95. The predicted octanol–water partition coefficient (Wildman–Crippen LogP) is 2.79. The average Bonchev–Trinajstić information content (AvgIpc) is 2.49. The molecule has 0 N–H and O–H groups in total. The number of nitrogens with zero attached hydrogens (tertiary/aromatic N) is 1. The summed E-state index contributed by atoms with van der Waals surface area (Å²) in [4.78, 5) is 13.1. The molecule has 80 valence electrons. The van der Waals surface area contributed by atoms with Gasteiger partial charge in [-0.3, -0.25) is 0 Å². The number of amides is 1. The number of carbonyl (C=O) groups is 1. The van der Waals surface area contributed by atoms with E-state index in [0.717, 1.165) is 10.0 Å². The van der Waals surface area contributed by atoms with Crippen LogP contribution in [0.2, 0.25) is 0 Å². The molecule has 0 bridgehead atoms. The third kappa shape index (κ3) is 2.50. The maximum absolute atomic E-state index is 11.4. The highest BCUT2D eigenvalue weighted by atomic mass is 79.9. The van der Waals surface area contributed by atoms with Crippen LogP contribution in [0.5, 0.6) is 0 Å². The van der Waals surface area contributed by atoms with Crippen LogP contribution in [0, 0.1) is 0 Å². The van der Waals surface area contributed by atoms with Crippen LogP contribution in [-0.4, -0.2) is 23.6 Å². The number of hydrogen-bond acceptors (Lipinski definition) is 2. The van der Waals surface area contributed by atoms with Crippen molar-refractivity contribution in [3.05, 3.63) is 34.3 Å². The first-order chi connectivity index (χ1) is 7.15. The van der Waals surface area contributed by atoms with Crippen molar-refractivity contribution in [2.24, 2.45) is 0 Å². The zero-order chi connectivity index (χ0) is 10.8. The summed E-state index contributed by atoms with van der Waals surface area (Å²) in [7, 11) is 0. The van der Waals surface area contributed by atoms with E-state index in [1.165, 1.54) is 0 Å². The number of carbonyl (C=O) groups excluding carboxylic acids is 1. The first kappa shape index (κ1) is 10.5. The Morgan fingerprint density at radius 1 is 1.47 bits per heavy atom. The van der Waals surface area contributed by atoms with Gasteiger partial charge in [0, 0.05) is 11.0 Å². The van der Waals surface area contributed by atoms with Gasteiger partial charge in [0.2, 0.25) is 0 Å². The summed E-state index contributed by atoms with van der Waals surface area (Å²) in [5.74, 6) is 0. The Bertz CT molecular complexity index is 363. The van der Waals surface area contributed by atoms with E-state index in [9.17, 15) is 4.79 Å². The third-order valence-corrected chi connectivity index (χ3v) is 2.85. The van der Waals surface area contributed by atoms with Crippen LogP contribution in [0.4, 0.5) is 4.79 Å². The van der Waals surface area contributed by atoms with Gasteiger partial charge in [-0.25, -0.2) is 4.79 Å². The predicted molar refractivity (Wildman–Crippen MR) is 60.5 cm³/mol. The van der Waals surface area contributed by atoms with Crippen molar-refractivity contribution in [1.29, 1.82) is 0 Å². The fourth-order valence-corrected chi connectivity index (χ4v) is 1.87. The number of halogens is 1. The minimum Gasteiger partial charge on any atom is -0.444 e. The topological polar surface area (TPSA) is 29.5 Å². The van der Waals surface area contributed by atoms with Gasteiger partial charge in [-0.2, -0.15) is 0 Å². The fraction of sp³-hybridized carbons (Fsp3) is 0.364. The number of benzene rings is 1. The van der Waals surface area contributed by atoms with E-state index in [1.54, 1.807) is 4.90 Å². The summed E-state index contributed by atoms with van der Waals surface area (Å²) >= 11 is 3.37. The Morgan fingerprint density at radius 3 is 2.67 bits per heavy atom. The smallest absolute Gasteiger partial charge is 0.410 e. The maximum atomic E-state index is 11.4. The molecule has 2 rings (SSSR count). The Hall–Kier alpha value is -1.03. The molecule has 1 aliphatic heterocycles. The first-order valence-corrected chi connectivity index (χ1v) is 5.64. The quantitative estimate of drug-likeness (QED) is 0.827. The molecule has 1 amide bonds. The standard InChI is InChI=1S/C11H12BrNO2/c1-8-6-13(11(14)15-8)7-9-2-4-10(12)5-3-9/h2-5,8H,6-7H2,1H3/t8-/m1/s1. The van der Waals surface area contributed by atoms with E-state index in [-0.39, 0.29) is 12.2 Å². The van der Waals surface area contributed by atoms with E-state index in [4.69, 9.17) is 4.74 Å². The highest BCUT2D eigenvalue weighted by molar-refractivity contribution is 9.10. The van der Waals surface area contributed by atoms with Crippen LogP contribution >= 0.6 is 15.9 Å². The summed E-state index contributed by atoms with van der Waals surface area (Å²) in [5, 5.41) is 0. The second-order valence-corrected chi connectivity index (χ2v) is 4.62. The summed E-state index contributed by atoms with van der Waals surface area (Å²) in [6.45, 7) is 3.20. The van der Waals surface area contributed by atoms with Gasteiger partial charge < -0.3 is 9.64 Å². The summed E-state index contributed by atoms with van der Waals surface area (Å²) in [5.41, 5.74) is 1.12. The van der Waals surface area contributed by atoms with Gasteiger partial charge in [-0.1, -0.05) is 28.1 Å². The molecule has 0 aromatic heterocycles. The van der Waals surface area contributed by atoms with Crippen LogP contribution in [0.1, 0.15) is 12.5 Å². The monoisotopic (exact) mass is 269 g/mol. The van der Waals surface area contributed by atoms with Crippen molar-refractivity contribution in [3.8, 4) is 0 Å². The molecular formula is C11H12BrNO2. The highest BCUT2D eigenvalue weighted by Gasteiger charge is 2.27. The minimum absolute atomic E-state index is 0.00736. The Labute approximate surface area is 97.2 Å². The molecule has 1 aromatic carbocycles. The minimum atomic E-state index is -0.217. The van der Waals surface area contributed by atoms with E-state index in [2.05, 4.69) is 15.9 Å². The molecule has 1 atom stereocenters. The average molecular weight is 270 g/mol. The largest absolute Gasteiger partial charge is 0.444 e. The van der Waals surface area contributed by atoms with Crippen LogP contribution in [-0.2, 0) is 11.3 Å². The maximum Gasteiger partial charge on any atom is 0.410 e. The lowest BCUT2D eigenvalue weighted by molar-refractivity contribution is 0.137. The van der Waals surface area contributed by atoms with Gasteiger partial charge in [-0.15, -0.1) is 0 Å².